The van der Waals surface area contributed by atoms with Crippen LogP contribution in [0.5, 0.6) is 5.75 Å². The minimum Gasteiger partial charge on any atom is -0.508 e. The predicted octanol–water partition coefficient (Wildman–Crippen LogP) is 2.73. The second kappa shape index (κ2) is 4.13. The second-order valence-electron chi connectivity index (χ2n) is 4.80. The first-order valence-corrected chi connectivity index (χ1v) is 5.81. The van der Waals surface area contributed by atoms with E-state index in [4.69, 9.17) is 0 Å². The van der Waals surface area contributed by atoms with Gasteiger partial charge in [0.1, 0.15) is 5.75 Å². The first-order chi connectivity index (χ1) is 7.96. The standard InChI is InChI=1S/C13H18N2O2/c1-4-11-13(2,3)15(17)12(14-11)9-5-7-10(16)8-6-9/h5-8,12,16-17H,4H2,1-3H3/t12-/m0/s1. The molecule has 1 aliphatic heterocycles. The van der Waals surface area contributed by atoms with Crippen LogP contribution in [0.3, 0.4) is 0 Å². The van der Waals surface area contributed by atoms with Crippen molar-refractivity contribution < 1.29 is 10.3 Å². The summed E-state index contributed by atoms with van der Waals surface area (Å²) in [5.74, 6) is 0.218. The molecule has 0 unspecified atom stereocenters. The maximum Gasteiger partial charge on any atom is 0.151 e. The minimum absolute atomic E-state index is 0.218. The van der Waals surface area contributed by atoms with Crippen LogP contribution in [-0.4, -0.2) is 26.6 Å². The van der Waals surface area contributed by atoms with Gasteiger partial charge in [-0.05, 0) is 38.0 Å². The minimum atomic E-state index is -0.433. The Morgan fingerprint density at radius 1 is 1.29 bits per heavy atom. The zero-order valence-corrected chi connectivity index (χ0v) is 10.4. The molecule has 1 atom stereocenters. The molecule has 4 nitrogen and oxygen atoms in total. The van der Waals surface area contributed by atoms with Crippen LogP contribution in [0.15, 0.2) is 29.3 Å². The molecule has 1 heterocycles. The van der Waals surface area contributed by atoms with Crippen LogP contribution < -0.4 is 0 Å². The quantitative estimate of drug-likeness (QED) is 0.827. The number of hydroxylamine groups is 2. The molecule has 0 radical (unpaired) electrons. The van der Waals surface area contributed by atoms with Crippen LogP contribution in [0.25, 0.3) is 0 Å². The third-order valence-corrected chi connectivity index (χ3v) is 3.31. The fraction of sp³-hybridized carbons (Fsp3) is 0.462. The van der Waals surface area contributed by atoms with E-state index in [1.807, 2.05) is 20.8 Å². The van der Waals surface area contributed by atoms with E-state index < -0.39 is 5.54 Å². The van der Waals surface area contributed by atoms with Gasteiger partial charge < -0.3 is 10.3 Å². The van der Waals surface area contributed by atoms with Gasteiger partial charge in [0.15, 0.2) is 6.17 Å². The van der Waals surface area contributed by atoms with Crippen LogP contribution >= 0.6 is 0 Å². The molecule has 4 heteroatoms. The highest BCUT2D eigenvalue weighted by Gasteiger charge is 2.41. The number of aromatic hydroxyl groups is 1. The van der Waals surface area contributed by atoms with Crippen LogP contribution in [-0.2, 0) is 0 Å². The van der Waals surface area contributed by atoms with E-state index in [0.717, 1.165) is 17.7 Å². The number of rotatable bonds is 2. The summed E-state index contributed by atoms with van der Waals surface area (Å²) in [5, 5.41) is 20.7. The molecule has 0 bridgehead atoms. The largest absolute Gasteiger partial charge is 0.508 e. The van der Waals surface area contributed by atoms with Gasteiger partial charge in [0.25, 0.3) is 0 Å². The van der Waals surface area contributed by atoms with E-state index in [1.165, 1.54) is 5.06 Å². The number of nitrogens with zero attached hydrogens (tertiary/aromatic N) is 2. The SMILES string of the molecule is CCC1=N[C@H](c2ccc(O)cc2)N(O)C1(C)C. The van der Waals surface area contributed by atoms with Gasteiger partial charge in [0, 0.05) is 5.71 Å². The molecule has 17 heavy (non-hydrogen) atoms. The van der Waals surface area contributed by atoms with Crippen molar-refractivity contribution in [2.75, 3.05) is 0 Å². The zero-order valence-electron chi connectivity index (χ0n) is 10.4. The summed E-state index contributed by atoms with van der Waals surface area (Å²) in [7, 11) is 0. The molecule has 0 amide bonds. The van der Waals surface area contributed by atoms with Gasteiger partial charge in [-0.1, -0.05) is 19.1 Å². The Hall–Kier alpha value is -1.39. The zero-order chi connectivity index (χ0) is 12.6. The average Bonchev–Trinajstić information content (AvgIpc) is 2.52. The maximum atomic E-state index is 10.2. The van der Waals surface area contributed by atoms with Crippen molar-refractivity contribution in [3.05, 3.63) is 29.8 Å². The molecule has 0 spiro atoms. The molecular weight excluding hydrogens is 216 g/mol. The van der Waals surface area contributed by atoms with Gasteiger partial charge in [-0.3, -0.25) is 4.99 Å². The van der Waals surface area contributed by atoms with Gasteiger partial charge in [-0.2, -0.15) is 5.06 Å². The van der Waals surface area contributed by atoms with Crippen LogP contribution in [0, 0.1) is 0 Å². The third-order valence-electron chi connectivity index (χ3n) is 3.31. The molecule has 92 valence electrons. The Kier molecular flexibility index (Phi) is 2.93. The number of benzene rings is 1. The van der Waals surface area contributed by atoms with Gasteiger partial charge in [0.05, 0.1) is 5.54 Å². The van der Waals surface area contributed by atoms with E-state index in [0.29, 0.717) is 0 Å². The van der Waals surface area contributed by atoms with Gasteiger partial charge in [-0.15, -0.1) is 0 Å². The number of hydrogen-bond acceptors (Lipinski definition) is 4. The number of phenols is 1. The van der Waals surface area contributed by atoms with E-state index in [1.54, 1.807) is 24.3 Å². The Bertz CT molecular complexity index is 437. The maximum absolute atomic E-state index is 10.2. The lowest BCUT2D eigenvalue weighted by Gasteiger charge is -2.30. The fourth-order valence-corrected chi connectivity index (χ4v) is 2.18. The molecule has 0 saturated carbocycles. The monoisotopic (exact) mass is 234 g/mol. The predicted molar refractivity (Wildman–Crippen MR) is 66.3 cm³/mol. The molecule has 0 aromatic heterocycles. The van der Waals surface area contributed by atoms with Crippen molar-refractivity contribution in [3.63, 3.8) is 0 Å². The van der Waals surface area contributed by atoms with E-state index in [-0.39, 0.29) is 11.9 Å². The normalized spacial score (nSPS) is 23.8. The molecule has 0 aliphatic carbocycles. The van der Waals surface area contributed by atoms with Gasteiger partial charge in [0.2, 0.25) is 0 Å². The fourth-order valence-electron chi connectivity index (χ4n) is 2.18. The first kappa shape index (κ1) is 12.1. The highest BCUT2D eigenvalue weighted by atomic mass is 16.5. The van der Waals surface area contributed by atoms with Crippen molar-refractivity contribution in [1.82, 2.24) is 5.06 Å². The summed E-state index contributed by atoms with van der Waals surface area (Å²) in [6.45, 7) is 5.94. The van der Waals surface area contributed by atoms with E-state index >= 15 is 0 Å². The first-order valence-electron chi connectivity index (χ1n) is 5.81. The average molecular weight is 234 g/mol. The lowest BCUT2D eigenvalue weighted by Crippen LogP contribution is -2.43. The molecule has 1 aromatic rings. The van der Waals surface area contributed by atoms with E-state index in [2.05, 4.69) is 4.99 Å². The highest BCUT2D eigenvalue weighted by molar-refractivity contribution is 5.94. The molecule has 1 aromatic carbocycles. The summed E-state index contributed by atoms with van der Waals surface area (Å²) < 4.78 is 0. The number of aliphatic imine (C=N–C) groups is 1. The lowest BCUT2D eigenvalue weighted by molar-refractivity contribution is -0.159. The number of hydrogen-bond donors (Lipinski definition) is 2. The molecule has 2 N–H and O–H groups in total. The molecule has 0 fully saturated rings. The topological polar surface area (TPSA) is 56.1 Å². The lowest BCUT2D eigenvalue weighted by atomic mass is 9.97. The molecule has 1 aliphatic rings. The van der Waals surface area contributed by atoms with Gasteiger partial charge in [-0.25, -0.2) is 0 Å². The third kappa shape index (κ3) is 1.94. The summed E-state index contributed by atoms with van der Waals surface area (Å²) in [6, 6.07) is 6.77. The summed E-state index contributed by atoms with van der Waals surface area (Å²) in [4.78, 5) is 4.55. The van der Waals surface area contributed by atoms with Crippen molar-refractivity contribution in [2.24, 2.45) is 4.99 Å². The second-order valence-corrected chi connectivity index (χ2v) is 4.80. The number of phenolic OH excluding ortho intramolecular Hbond substituents is 1. The van der Waals surface area contributed by atoms with Crippen molar-refractivity contribution in [3.8, 4) is 5.75 Å². The Balaban J connectivity index is 2.35. The van der Waals surface area contributed by atoms with Crippen LogP contribution in [0.1, 0.15) is 38.9 Å². The molecule has 0 saturated heterocycles. The summed E-state index contributed by atoms with van der Waals surface area (Å²) in [6.07, 6.45) is 0.444. The highest BCUT2D eigenvalue weighted by Crippen LogP contribution is 2.36. The van der Waals surface area contributed by atoms with E-state index in [9.17, 15) is 10.3 Å². The summed E-state index contributed by atoms with van der Waals surface area (Å²) in [5.41, 5.74) is 1.43. The Labute approximate surface area is 101 Å². The van der Waals surface area contributed by atoms with Gasteiger partial charge >= 0.3 is 0 Å². The van der Waals surface area contributed by atoms with Crippen molar-refractivity contribution >= 4 is 5.71 Å². The van der Waals surface area contributed by atoms with Crippen molar-refractivity contribution in [1.29, 1.82) is 0 Å². The molecule has 2 rings (SSSR count). The Morgan fingerprint density at radius 2 is 1.88 bits per heavy atom. The van der Waals surface area contributed by atoms with Crippen LogP contribution in [0.4, 0.5) is 0 Å². The van der Waals surface area contributed by atoms with Crippen LogP contribution in [0.2, 0.25) is 0 Å². The Morgan fingerprint density at radius 3 is 2.35 bits per heavy atom. The molecular formula is C13H18N2O2. The van der Waals surface area contributed by atoms with Crippen molar-refractivity contribution in [2.45, 2.75) is 38.9 Å². The summed E-state index contributed by atoms with van der Waals surface area (Å²) >= 11 is 0. The smallest absolute Gasteiger partial charge is 0.151 e.